The van der Waals surface area contributed by atoms with Crippen molar-refractivity contribution in [2.45, 2.75) is 56.6 Å². The number of ether oxygens (including phenoxy) is 1. The Hall–Kier alpha value is -1.00. The van der Waals surface area contributed by atoms with Crippen molar-refractivity contribution in [1.29, 1.82) is 0 Å². The third-order valence-corrected chi connectivity index (χ3v) is 5.34. The SMILES string of the molecule is CC(N)(c1cc(F)cc(F)c1)C1CCOC2(CCCC2)C1. The van der Waals surface area contributed by atoms with Gasteiger partial charge in [0.15, 0.2) is 0 Å². The molecule has 116 valence electrons. The van der Waals surface area contributed by atoms with Gasteiger partial charge in [-0.15, -0.1) is 0 Å². The molecule has 0 radical (unpaired) electrons. The number of rotatable bonds is 2. The van der Waals surface area contributed by atoms with Crippen molar-refractivity contribution >= 4 is 0 Å². The molecule has 1 aromatic rings. The van der Waals surface area contributed by atoms with Gasteiger partial charge < -0.3 is 10.5 Å². The minimum atomic E-state index is -0.734. The third-order valence-electron chi connectivity index (χ3n) is 5.34. The van der Waals surface area contributed by atoms with Crippen LogP contribution in [0.4, 0.5) is 8.78 Å². The number of nitrogens with two attached hydrogens (primary N) is 1. The van der Waals surface area contributed by atoms with E-state index in [4.69, 9.17) is 10.5 Å². The van der Waals surface area contributed by atoms with Gasteiger partial charge in [-0.05, 0) is 56.2 Å². The molecule has 1 aliphatic carbocycles. The van der Waals surface area contributed by atoms with Crippen LogP contribution in [-0.4, -0.2) is 12.2 Å². The van der Waals surface area contributed by atoms with Crippen LogP contribution in [0.15, 0.2) is 18.2 Å². The highest BCUT2D eigenvalue weighted by Gasteiger charge is 2.45. The monoisotopic (exact) mass is 295 g/mol. The van der Waals surface area contributed by atoms with E-state index in [1.165, 1.54) is 25.0 Å². The summed E-state index contributed by atoms with van der Waals surface area (Å²) in [4.78, 5) is 0. The molecule has 1 aliphatic heterocycles. The average Bonchev–Trinajstić information content (AvgIpc) is 2.85. The Bertz CT molecular complexity index is 503. The highest BCUT2D eigenvalue weighted by atomic mass is 19.1. The fraction of sp³-hybridized carbons (Fsp3) is 0.647. The summed E-state index contributed by atoms with van der Waals surface area (Å²) in [5.74, 6) is -0.945. The molecule has 2 atom stereocenters. The van der Waals surface area contributed by atoms with Crippen LogP contribution in [0.3, 0.4) is 0 Å². The molecule has 2 nitrogen and oxygen atoms in total. The van der Waals surface area contributed by atoms with Gasteiger partial charge in [-0.1, -0.05) is 12.8 Å². The maximum absolute atomic E-state index is 13.5. The largest absolute Gasteiger partial charge is 0.375 e. The Labute approximate surface area is 124 Å². The molecule has 21 heavy (non-hydrogen) atoms. The van der Waals surface area contributed by atoms with Gasteiger partial charge >= 0.3 is 0 Å². The first-order valence-corrected chi connectivity index (χ1v) is 7.81. The van der Waals surface area contributed by atoms with Gasteiger partial charge in [0.05, 0.1) is 5.60 Å². The van der Waals surface area contributed by atoms with Gasteiger partial charge in [0.2, 0.25) is 0 Å². The zero-order valence-electron chi connectivity index (χ0n) is 12.5. The molecule has 2 unspecified atom stereocenters. The second-order valence-electron chi connectivity index (χ2n) is 6.87. The van der Waals surface area contributed by atoms with Crippen LogP contribution in [0.5, 0.6) is 0 Å². The lowest BCUT2D eigenvalue weighted by molar-refractivity contribution is -0.104. The number of hydrogen-bond donors (Lipinski definition) is 1. The van der Waals surface area contributed by atoms with Crippen LogP contribution in [0.25, 0.3) is 0 Å². The highest BCUT2D eigenvalue weighted by molar-refractivity contribution is 5.26. The Morgan fingerprint density at radius 1 is 1.19 bits per heavy atom. The molecule has 1 saturated heterocycles. The third kappa shape index (κ3) is 2.84. The predicted octanol–water partition coefficient (Wildman–Crippen LogP) is 3.88. The van der Waals surface area contributed by atoms with Crippen molar-refractivity contribution < 1.29 is 13.5 Å². The van der Waals surface area contributed by atoms with Crippen molar-refractivity contribution in [2.75, 3.05) is 6.61 Å². The van der Waals surface area contributed by atoms with Gasteiger partial charge in [-0.25, -0.2) is 8.78 Å². The second kappa shape index (κ2) is 5.33. The molecule has 3 rings (SSSR count). The average molecular weight is 295 g/mol. The number of halogens is 2. The van der Waals surface area contributed by atoms with Crippen LogP contribution >= 0.6 is 0 Å². The van der Waals surface area contributed by atoms with E-state index in [-0.39, 0.29) is 11.5 Å². The maximum Gasteiger partial charge on any atom is 0.126 e. The maximum atomic E-state index is 13.5. The summed E-state index contributed by atoms with van der Waals surface area (Å²) < 4.78 is 33.0. The number of hydrogen-bond acceptors (Lipinski definition) is 2. The van der Waals surface area contributed by atoms with Gasteiger partial charge in [0.1, 0.15) is 11.6 Å². The molecule has 1 spiro atoms. The van der Waals surface area contributed by atoms with Crippen molar-refractivity contribution in [2.24, 2.45) is 11.7 Å². The molecule has 1 saturated carbocycles. The van der Waals surface area contributed by atoms with Crippen LogP contribution in [0.1, 0.15) is 51.0 Å². The summed E-state index contributed by atoms with van der Waals surface area (Å²) in [6.45, 7) is 2.58. The van der Waals surface area contributed by atoms with E-state index >= 15 is 0 Å². The zero-order valence-corrected chi connectivity index (χ0v) is 12.5. The van der Waals surface area contributed by atoms with E-state index in [1.807, 2.05) is 6.92 Å². The van der Waals surface area contributed by atoms with E-state index in [0.717, 1.165) is 31.7 Å². The molecule has 2 N–H and O–H groups in total. The fourth-order valence-electron chi connectivity index (χ4n) is 4.01. The van der Waals surface area contributed by atoms with Gasteiger partial charge in [-0.3, -0.25) is 0 Å². The van der Waals surface area contributed by atoms with E-state index in [1.54, 1.807) is 0 Å². The van der Waals surface area contributed by atoms with Crippen molar-refractivity contribution in [1.82, 2.24) is 0 Å². The van der Waals surface area contributed by atoms with Crippen molar-refractivity contribution in [3.8, 4) is 0 Å². The summed E-state index contributed by atoms with van der Waals surface area (Å²) in [5, 5.41) is 0. The molecule has 4 heteroatoms. The lowest BCUT2D eigenvalue weighted by atomic mass is 9.71. The molecule has 1 aromatic carbocycles. The molecule has 0 amide bonds. The van der Waals surface area contributed by atoms with Gasteiger partial charge in [0, 0.05) is 18.2 Å². The summed E-state index contributed by atoms with van der Waals surface area (Å²) in [6, 6.07) is 3.61. The molecular formula is C17H23F2NO. The van der Waals surface area contributed by atoms with Crippen molar-refractivity contribution in [3.63, 3.8) is 0 Å². The lowest BCUT2D eigenvalue weighted by Gasteiger charge is -2.45. The van der Waals surface area contributed by atoms with Gasteiger partial charge in [-0.2, -0.15) is 0 Å². The van der Waals surface area contributed by atoms with Crippen LogP contribution < -0.4 is 5.73 Å². The topological polar surface area (TPSA) is 35.2 Å². The van der Waals surface area contributed by atoms with E-state index in [2.05, 4.69) is 0 Å². The lowest BCUT2D eigenvalue weighted by Crippen LogP contribution is -2.49. The zero-order chi connectivity index (χ0) is 15.1. The standard InChI is InChI=1S/C17H23F2NO/c1-16(20,13-8-14(18)10-15(19)9-13)12-4-7-21-17(11-12)5-2-3-6-17/h8-10,12H,2-7,11,20H2,1H3. The van der Waals surface area contributed by atoms with Crippen molar-refractivity contribution in [3.05, 3.63) is 35.4 Å². The Morgan fingerprint density at radius 3 is 2.43 bits per heavy atom. The molecule has 2 fully saturated rings. The minimum Gasteiger partial charge on any atom is -0.375 e. The molecule has 0 aromatic heterocycles. The first-order chi connectivity index (χ1) is 9.91. The smallest absolute Gasteiger partial charge is 0.126 e. The quantitative estimate of drug-likeness (QED) is 0.898. The molecule has 1 heterocycles. The minimum absolute atomic E-state index is 0.0462. The fourth-order valence-corrected chi connectivity index (χ4v) is 4.01. The Kier molecular flexibility index (Phi) is 3.78. The van der Waals surface area contributed by atoms with Crippen LogP contribution in [-0.2, 0) is 10.3 Å². The number of benzene rings is 1. The Morgan fingerprint density at radius 2 is 1.81 bits per heavy atom. The summed E-state index contributed by atoms with van der Waals surface area (Å²) >= 11 is 0. The molecule has 0 bridgehead atoms. The van der Waals surface area contributed by atoms with E-state index < -0.39 is 17.2 Å². The van der Waals surface area contributed by atoms with Crippen LogP contribution in [0, 0.1) is 17.6 Å². The summed E-state index contributed by atoms with van der Waals surface area (Å²) in [6.07, 6.45) is 6.28. The van der Waals surface area contributed by atoms with Gasteiger partial charge in [0.25, 0.3) is 0 Å². The van der Waals surface area contributed by atoms with E-state index in [0.29, 0.717) is 12.2 Å². The first-order valence-electron chi connectivity index (χ1n) is 7.81. The Balaban J connectivity index is 1.86. The summed E-state index contributed by atoms with van der Waals surface area (Å²) in [5.41, 5.74) is 6.27. The highest BCUT2D eigenvalue weighted by Crippen LogP contribution is 2.46. The first kappa shape index (κ1) is 14.9. The second-order valence-corrected chi connectivity index (χ2v) is 6.87. The molecule has 2 aliphatic rings. The summed E-state index contributed by atoms with van der Waals surface area (Å²) in [7, 11) is 0. The normalized spacial score (nSPS) is 27.7. The van der Waals surface area contributed by atoms with E-state index in [9.17, 15) is 8.78 Å². The predicted molar refractivity (Wildman–Crippen MR) is 77.8 cm³/mol. The van der Waals surface area contributed by atoms with Crippen LogP contribution in [0.2, 0.25) is 0 Å². The molecular weight excluding hydrogens is 272 g/mol.